The summed E-state index contributed by atoms with van der Waals surface area (Å²) in [7, 11) is 0. The van der Waals surface area contributed by atoms with Gasteiger partial charge in [-0.25, -0.2) is 13.9 Å². The van der Waals surface area contributed by atoms with Crippen molar-refractivity contribution in [1.29, 1.82) is 0 Å². The van der Waals surface area contributed by atoms with Gasteiger partial charge < -0.3 is 10.2 Å². The van der Waals surface area contributed by atoms with Gasteiger partial charge >= 0.3 is 0 Å². The first kappa shape index (κ1) is 16.5. The van der Waals surface area contributed by atoms with E-state index in [1.807, 2.05) is 13.1 Å². The van der Waals surface area contributed by atoms with Crippen LogP contribution in [0.25, 0.3) is 5.52 Å². The Bertz CT molecular complexity index is 962. The van der Waals surface area contributed by atoms with Gasteiger partial charge in [0.2, 0.25) is 0 Å². The molecule has 0 radical (unpaired) electrons. The third-order valence-corrected chi connectivity index (χ3v) is 4.59. The summed E-state index contributed by atoms with van der Waals surface area (Å²) < 4.78 is 15.4. The molecule has 26 heavy (non-hydrogen) atoms. The fraction of sp³-hybridized carbons (Fsp3) is 0.316. The smallest absolute Gasteiger partial charge is 0.272 e. The first-order valence-electron chi connectivity index (χ1n) is 8.75. The van der Waals surface area contributed by atoms with Crippen LogP contribution < -0.4 is 10.2 Å². The van der Waals surface area contributed by atoms with Crippen molar-refractivity contribution in [1.82, 2.24) is 19.9 Å². The number of nitrogens with zero attached hydrogens (tertiary/aromatic N) is 4. The van der Waals surface area contributed by atoms with Gasteiger partial charge in [0.25, 0.3) is 5.91 Å². The van der Waals surface area contributed by atoms with E-state index in [4.69, 9.17) is 0 Å². The van der Waals surface area contributed by atoms with Crippen LogP contribution in [-0.2, 0) is 6.54 Å². The molecular formula is C19H20FN5O. The number of hydrogen-bond donors (Lipinski definition) is 1. The third-order valence-electron chi connectivity index (χ3n) is 4.59. The van der Waals surface area contributed by atoms with Crippen molar-refractivity contribution in [3.63, 3.8) is 0 Å². The molecule has 1 aromatic carbocycles. The lowest BCUT2D eigenvalue weighted by atomic mass is 10.2. The lowest BCUT2D eigenvalue weighted by Gasteiger charge is -2.17. The first-order valence-corrected chi connectivity index (χ1v) is 8.75. The zero-order valence-corrected chi connectivity index (χ0v) is 14.6. The molecule has 0 saturated carbocycles. The number of amides is 1. The topological polar surface area (TPSA) is 62.5 Å². The molecule has 134 valence electrons. The van der Waals surface area contributed by atoms with Gasteiger partial charge in [0.05, 0.1) is 11.9 Å². The van der Waals surface area contributed by atoms with E-state index < -0.39 is 0 Å². The van der Waals surface area contributed by atoms with Crippen LogP contribution in [0.5, 0.6) is 0 Å². The number of anilines is 1. The van der Waals surface area contributed by atoms with Crippen LogP contribution in [0.15, 0.2) is 36.5 Å². The maximum Gasteiger partial charge on any atom is 0.272 e. The van der Waals surface area contributed by atoms with E-state index in [1.165, 1.54) is 6.07 Å². The molecule has 7 heteroatoms. The lowest BCUT2D eigenvalue weighted by molar-refractivity contribution is 0.0945. The van der Waals surface area contributed by atoms with E-state index in [1.54, 1.807) is 28.8 Å². The highest BCUT2D eigenvalue weighted by Crippen LogP contribution is 2.24. The fourth-order valence-corrected chi connectivity index (χ4v) is 3.27. The van der Waals surface area contributed by atoms with Crippen LogP contribution in [0.4, 0.5) is 10.2 Å². The van der Waals surface area contributed by atoms with E-state index in [0.29, 0.717) is 11.3 Å². The number of halogens is 1. The number of carbonyl (C=O) groups excluding carboxylic acids is 1. The Morgan fingerprint density at radius 1 is 1.27 bits per heavy atom. The molecule has 1 N–H and O–H groups in total. The number of carbonyl (C=O) groups is 1. The van der Waals surface area contributed by atoms with Crippen LogP contribution in [0.2, 0.25) is 0 Å². The number of aryl methyl sites for hydroxylation is 1. The van der Waals surface area contributed by atoms with Crippen molar-refractivity contribution in [2.75, 3.05) is 18.0 Å². The predicted molar refractivity (Wildman–Crippen MR) is 96.7 cm³/mol. The van der Waals surface area contributed by atoms with Crippen molar-refractivity contribution in [2.45, 2.75) is 26.3 Å². The number of nitrogens with one attached hydrogen (secondary N) is 1. The minimum Gasteiger partial charge on any atom is -0.355 e. The molecular weight excluding hydrogens is 333 g/mol. The second kappa shape index (κ2) is 6.74. The molecule has 0 spiro atoms. The lowest BCUT2D eigenvalue weighted by Crippen LogP contribution is -2.23. The van der Waals surface area contributed by atoms with Gasteiger partial charge in [0.15, 0.2) is 11.5 Å². The molecule has 0 aliphatic carbocycles. The van der Waals surface area contributed by atoms with Crippen molar-refractivity contribution in [3.05, 3.63) is 59.3 Å². The first-order chi connectivity index (χ1) is 12.6. The quantitative estimate of drug-likeness (QED) is 0.783. The van der Waals surface area contributed by atoms with Gasteiger partial charge in [-0.15, -0.1) is 0 Å². The fourth-order valence-electron chi connectivity index (χ4n) is 3.27. The monoisotopic (exact) mass is 353 g/mol. The van der Waals surface area contributed by atoms with E-state index in [-0.39, 0.29) is 18.3 Å². The molecule has 1 aliphatic rings. The van der Waals surface area contributed by atoms with Gasteiger partial charge in [-0.1, -0.05) is 18.2 Å². The van der Waals surface area contributed by atoms with Gasteiger partial charge in [0.1, 0.15) is 11.3 Å². The van der Waals surface area contributed by atoms with Crippen LogP contribution in [-0.4, -0.2) is 33.6 Å². The molecule has 4 rings (SSSR count). The minimum absolute atomic E-state index is 0.121. The molecule has 0 bridgehead atoms. The summed E-state index contributed by atoms with van der Waals surface area (Å²) in [6, 6.07) is 8.14. The molecule has 0 unspecified atom stereocenters. The van der Waals surface area contributed by atoms with Gasteiger partial charge in [-0.3, -0.25) is 4.79 Å². The molecule has 1 saturated heterocycles. The van der Waals surface area contributed by atoms with Crippen molar-refractivity contribution < 1.29 is 9.18 Å². The summed E-state index contributed by atoms with van der Waals surface area (Å²) in [4.78, 5) is 19.3. The molecule has 1 aliphatic heterocycles. The summed E-state index contributed by atoms with van der Waals surface area (Å²) in [5, 5.41) is 7.12. The van der Waals surface area contributed by atoms with Crippen LogP contribution >= 0.6 is 0 Å². The Morgan fingerprint density at radius 3 is 2.81 bits per heavy atom. The zero-order chi connectivity index (χ0) is 18.1. The summed E-state index contributed by atoms with van der Waals surface area (Å²) >= 11 is 0. The van der Waals surface area contributed by atoms with Gasteiger partial charge in [-0.2, -0.15) is 5.10 Å². The summed E-state index contributed by atoms with van der Waals surface area (Å²) in [5.41, 5.74) is 2.41. The Morgan fingerprint density at radius 2 is 2.04 bits per heavy atom. The maximum absolute atomic E-state index is 13.7. The van der Waals surface area contributed by atoms with Gasteiger partial charge in [-0.05, 0) is 25.8 Å². The average molecular weight is 353 g/mol. The predicted octanol–water partition coefficient (Wildman–Crippen LogP) is 2.71. The number of hydrogen-bond acceptors (Lipinski definition) is 4. The van der Waals surface area contributed by atoms with Crippen LogP contribution in [0.3, 0.4) is 0 Å². The normalized spacial score (nSPS) is 14.2. The molecule has 3 heterocycles. The average Bonchev–Trinajstić information content (AvgIpc) is 3.29. The maximum atomic E-state index is 13.7. The summed E-state index contributed by atoms with van der Waals surface area (Å²) in [5.74, 6) is 0.198. The van der Waals surface area contributed by atoms with Crippen molar-refractivity contribution >= 4 is 17.2 Å². The van der Waals surface area contributed by atoms with E-state index >= 15 is 0 Å². The molecule has 1 fully saturated rings. The second-order valence-corrected chi connectivity index (χ2v) is 6.53. The molecule has 1 amide bonds. The highest BCUT2D eigenvalue weighted by molar-refractivity contribution is 5.94. The summed E-state index contributed by atoms with van der Waals surface area (Å²) in [6.07, 6.45) is 4.10. The van der Waals surface area contributed by atoms with Crippen molar-refractivity contribution in [3.8, 4) is 0 Å². The second-order valence-electron chi connectivity index (χ2n) is 6.53. The van der Waals surface area contributed by atoms with Crippen molar-refractivity contribution in [2.24, 2.45) is 0 Å². The zero-order valence-electron chi connectivity index (χ0n) is 14.6. The van der Waals surface area contributed by atoms with Crippen LogP contribution in [0.1, 0.15) is 34.6 Å². The SMILES string of the molecule is Cc1cn2nc(C(=O)NCc3ccccc3F)cc2c(N2CCCC2)n1. The number of rotatable bonds is 4. The van der Waals surface area contributed by atoms with E-state index in [2.05, 4.69) is 20.3 Å². The Hall–Kier alpha value is -2.96. The number of fused-ring (bicyclic) bond motifs is 1. The van der Waals surface area contributed by atoms with E-state index in [9.17, 15) is 9.18 Å². The van der Waals surface area contributed by atoms with Crippen LogP contribution in [0, 0.1) is 12.7 Å². The summed E-state index contributed by atoms with van der Waals surface area (Å²) in [6.45, 7) is 3.96. The number of benzene rings is 1. The Balaban J connectivity index is 1.59. The minimum atomic E-state index is -0.334. The molecule has 2 aromatic heterocycles. The standard InChI is InChI=1S/C19H20FN5O/c1-13-12-25-17(18(22-13)24-8-4-5-9-24)10-16(23-25)19(26)21-11-14-6-2-3-7-15(14)20/h2-3,6-7,10,12H,4-5,8-9,11H2,1H3,(H,21,26). The molecule has 3 aromatic rings. The molecule has 0 atom stereocenters. The highest BCUT2D eigenvalue weighted by atomic mass is 19.1. The highest BCUT2D eigenvalue weighted by Gasteiger charge is 2.20. The molecule has 6 nitrogen and oxygen atoms in total. The van der Waals surface area contributed by atoms with Gasteiger partial charge in [0, 0.05) is 31.3 Å². The Labute approximate surface area is 150 Å². The Kier molecular flexibility index (Phi) is 4.28. The largest absolute Gasteiger partial charge is 0.355 e. The van der Waals surface area contributed by atoms with E-state index in [0.717, 1.165) is 43.0 Å². The third kappa shape index (κ3) is 3.12. The number of aromatic nitrogens is 3.